The summed E-state index contributed by atoms with van der Waals surface area (Å²) in [5.74, 6) is -2.51. The molecule has 0 aliphatic rings. The van der Waals surface area contributed by atoms with E-state index in [4.69, 9.17) is 28.4 Å². The molecular weight excluding hydrogens is 504 g/mol. The summed E-state index contributed by atoms with van der Waals surface area (Å²) in [7, 11) is 0. The molecule has 1 aromatic rings. The first-order chi connectivity index (χ1) is 17.9. The highest BCUT2D eigenvalue weighted by molar-refractivity contribution is 5.86. The Morgan fingerprint density at radius 3 is 0.923 bits per heavy atom. The van der Waals surface area contributed by atoms with E-state index in [0.29, 0.717) is 16.7 Å². The van der Waals surface area contributed by atoms with Crippen molar-refractivity contribution >= 4 is 17.9 Å². The predicted octanol–water partition coefficient (Wildman–Crippen LogP) is 5.67. The van der Waals surface area contributed by atoms with Crippen LogP contribution in [0.3, 0.4) is 0 Å². The lowest BCUT2D eigenvalue weighted by atomic mass is 9.84. The van der Waals surface area contributed by atoms with Crippen molar-refractivity contribution in [2.75, 3.05) is 19.8 Å². The van der Waals surface area contributed by atoms with Crippen LogP contribution in [0.1, 0.15) is 79.0 Å². The summed E-state index contributed by atoms with van der Waals surface area (Å²) >= 11 is 0. The summed E-state index contributed by atoms with van der Waals surface area (Å²) in [4.78, 5) is 36.6. The first kappa shape index (κ1) is 33.3. The minimum absolute atomic E-state index is 0.161. The minimum Gasteiger partial charge on any atom is -0.476 e. The Labute approximate surface area is 231 Å². The highest BCUT2D eigenvalue weighted by Gasteiger charge is 2.35. The molecule has 0 unspecified atom stereocenters. The zero-order valence-electron chi connectivity index (χ0n) is 24.6. The fourth-order valence-electron chi connectivity index (χ4n) is 3.53. The number of ether oxygens (including phenoxy) is 6. The third kappa shape index (κ3) is 9.19. The molecule has 1 aromatic carbocycles. The normalized spacial score (nSPS) is 11.6. The average molecular weight is 547 g/mol. The van der Waals surface area contributed by atoms with Crippen LogP contribution in [0.4, 0.5) is 0 Å². The van der Waals surface area contributed by atoms with Gasteiger partial charge < -0.3 is 28.4 Å². The Hall–Kier alpha value is -3.75. The van der Waals surface area contributed by atoms with E-state index in [1.807, 2.05) is 18.2 Å². The monoisotopic (exact) mass is 546 g/mol. The van der Waals surface area contributed by atoms with Crippen molar-refractivity contribution in [3.8, 4) is 0 Å². The van der Waals surface area contributed by atoms with Crippen LogP contribution >= 0.6 is 0 Å². The van der Waals surface area contributed by atoms with E-state index in [1.54, 1.807) is 62.3 Å². The summed E-state index contributed by atoms with van der Waals surface area (Å²) in [6.45, 7) is 27.3. The van der Waals surface area contributed by atoms with Gasteiger partial charge in [-0.05, 0) is 117 Å². The lowest BCUT2D eigenvalue weighted by molar-refractivity contribution is -0.146. The van der Waals surface area contributed by atoms with Gasteiger partial charge in [-0.25, -0.2) is 14.4 Å². The number of esters is 3. The molecule has 0 N–H and O–H groups in total. The summed E-state index contributed by atoms with van der Waals surface area (Å²) < 4.78 is 32.8. The fourth-order valence-corrected chi connectivity index (χ4v) is 3.53. The number of hydrogen-bond acceptors (Lipinski definition) is 9. The minimum atomic E-state index is -1.07. The van der Waals surface area contributed by atoms with Gasteiger partial charge in [0.2, 0.25) is 0 Å². The SMILES string of the molecule is C=C(OC(C)(C)c1cc(C(C)(C)OC(=C)C(=O)OCC)cc(C(C)(C)OC(=C)C(=O)OCC)c1)C(=O)OCC. The van der Waals surface area contributed by atoms with Crippen molar-refractivity contribution in [2.45, 2.75) is 79.1 Å². The number of benzene rings is 1. The van der Waals surface area contributed by atoms with E-state index in [0.717, 1.165) is 0 Å². The number of carbonyl (C=O) groups excluding carboxylic acids is 3. The first-order valence-electron chi connectivity index (χ1n) is 12.7. The Bertz CT molecular complexity index is 959. The number of carbonyl (C=O) groups is 3. The van der Waals surface area contributed by atoms with Crippen LogP contribution in [0.15, 0.2) is 55.2 Å². The summed E-state index contributed by atoms with van der Waals surface area (Å²) in [5.41, 5.74) is -1.35. The molecule has 0 aromatic heterocycles. The quantitative estimate of drug-likeness (QED) is 0.119. The van der Waals surface area contributed by atoms with Crippen LogP contribution in [-0.2, 0) is 59.6 Å². The average Bonchev–Trinajstić information content (AvgIpc) is 2.83. The first-order valence-corrected chi connectivity index (χ1v) is 12.7. The van der Waals surface area contributed by atoms with Crippen LogP contribution in [0, 0.1) is 0 Å². The maximum atomic E-state index is 12.2. The van der Waals surface area contributed by atoms with E-state index in [1.165, 1.54) is 0 Å². The van der Waals surface area contributed by atoms with Crippen LogP contribution < -0.4 is 0 Å². The van der Waals surface area contributed by atoms with Gasteiger partial charge in [0, 0.05) is 0 Å². The standard InChI is InChI=1S/C30H42O9/c1-13-34-25(31)19(4)37-28(7,8)22-16-23(29(9,10)38-20(5)26(32)35-14-2)18-24(17-22)30(11,12)39-21(6)27(33)36-15-3/h16-18H,4-6,13-15H2,1-3,7-12H3. The molecule has 0 spiro atoms. The predicted molar refractivity (Wildman–Crippen MR) is 146 cm³/mol. The molecule has 0 saturated heterocycles. The molecule has 0 amide bonds. The van der Waals surface area contributed by atoms with Crippen molar-refractivity contribution in [2.24, 2.45) is 0 Å². The van der Waals surface area contributed by atoms with Gasteiger partial charge in [0.1, 0.15) is 16.8 Å². The maximum absolute atomic E-state index is 12.2. The Balaban J connectivity index is 3.63. The van der Waals surface area contributed by atoms with Crippen molar-refractivity contribution < 1.29 is 42.8 Å². The smallest absolute Gasteiger partial charge is 0.372 e. The molecule has 0 atom stereocenters. The molecule has 0 saturated carbocycles. The molecule has 0 bridgehead atoms. The van der Waals surface area contributed by atoms with Crippen LogP contribution in [-0.4, -0.2) is 37.7 Å². The zero-order chi connectivity index (χ0) is 30.2. The molecule has 9 nitrogen and oxygen atoms in total. The molecule has 1 rings (SSSR count). The topological polar surface area (TPSA) is 107 Å². The van der Waals surface area contributed by atoms with Crippen molar-refractivity contribution in [1.82, 2.24) is 0 Å². The van der Waals surface area contributed by atoms with Crippen LogP contribution in [0.5, 0.6) is 0 Å². The third-order valence-corrected chi connectivity index (χ3v) is 5.66. The van der Waals surface area contributed by atoms with Gasteiger partial charge in [-0.3, -0.25) is 0 Å². The molecule has 39 heavy (non-hydrogen) atoms. The van der Waals surface area contributed by atoms with E-state index in [-0.39, 0.29) is 37.1 Å². The third-order valence-electron chi connectivity index (χ3n) is 5.66. The van der Waals surface area contributed by atoms with Gasteiger partial charge in [-0.2, -0.15) is 0 Å². The van der Waals surface area contributed by atoms with Crippen LogP contribution in [0.2, 0.25) is 0 Å². The van der Waals surface area contributed by atoms with Gasteiger partial charge in [-0.15, -0.1) is 0 Å². The number of hydrogen-bond donors (Lipinski definition) is 0. The fraction of sp³-hybridized carbons (Fsp3) is 0.500. The molecule has 0 aliphatic heterocycles. The van der Waals surface area contributed by atoms with Crippen molar-refractivity contribution in [3.05, 3.63) is 71.9 Å². The van der Waals surface area contributed by atoms with E-state index in [2.05, 4.69) is 19.7 Å². The van der Waals surface area contributed by atoms with Gasteiger partial charge >= 0.3 is 17.9 Å². The molecule has 0 fully saturated rings. The Morgan fingerprint density at radius 1 is 0.538 bits per heavy atom. The van der Waals surface area contributed by atoms with E-state index < -0.39 is 34.7 Å². The number of rotatable bonds is 15. The lowest BCUT2D eigenvalue weighted by Gasteiger charge is -2.34. The van der Waals surface area contributed by atoms with Gasteiger partial charge in [-0.1, -0.05) is 0 Å². The summed E-state index contributed by atoms with van der Waals surface area (Å²) in [6, 6.07) is 5.45. The lowest BCUT2D eigenvalue weighted by Crippen LogP contribution is -2.30. The summed E-state index contributed by atoms with van der Waals surface area (Å²) in [5, 5.41) is 0. The Kier molecular flexibility index (Phi) is 11.4. The van der Waals surface area contributed by atoms with Crippen molar-refractivity contribution in [3.63, 3.8) is 0 Å². The maximum Gasteiger partial charge on any atom is 0.372 e. The summed E-state index contributed by atoms with van der Waals surface area (Å²) in [6.07, 6.45) is 0. The molecule has 0 heterocycles. The second-order valence-corrected chi connectivity index (χ2v) is 10.1. The highest BCUT2D eigenvalue weighted by Crippen LogP contribution is 2.38. The molecule has 0 aliphatic carbocycles. The zero-order valence-corrected chi connectivity index (χ0v) is 24.6. The van der Waals surface area contributed by atoms with Crippen LogP contribution in [0.25, 0.3) is 0 Å². The van der Waals surface area contributed by atoms with Gasteiger partial charge in [0.15, 0.2) is 17.3 Å². The molecule has 9 heteroatoms. The highest BCUT2D eigenvalue weighted by atomic mass is 16.6. The molecule has 216 valence electrons. The molecule has 0 radical (unpaired) electrons. The van der Waals surface area contributed by atoms with E-state index >= 15 is 0 Å². The largest absolute Gasteiger partial charge is 0.476 e. The second-order valence-electron chi connectivity index (χ2n) is 10.1. The Morgan fingerprint density at radius 2 is 0.744 bits per heavy atom. The van der Waals surface area contributed by atoms with Gasteiger partial charge in [0.05, 0.1) is 19.8 Å². The van der Waals surface area contributed by atoms with Crippen molar-refractivity contribution in [1.29, 1.82) is 0 Å². The molecular formula is C30H42O9. The van der Waals surface area contributed by atoms with E-state index in [9.17, 15) is 14.4 Å². The van der Waals surface area contributed by atoms with Gasteiger partial charge in [0.25, 0.3) is 0 Å². The second kappa shape index (κ2) is 13.4.